The minimum absolute atomic E-state index is 0.0325. The van der Waals surface area contributed by atoms with Gasteiger partial charge in [-0.25, -0.2) is 0 Å². The average Bonchev–Trinajstić information content (AvgIpc) is 2.85. The molecule has 2 aliphatic carbocycles. The lowest BCUT2D eigenvalue weighted by molar-refractivity contribution is -0.138. The number of rotatable bonds is 6. The number of carboxylic acid groups (broad SMARTS) is 1. The fourth-order valence-electron chi connectivity index (χ4n) is 5.35. The zero-order chi connectivity index (χ0) is 25.4. The molecule has 0 bridgehead atoms. The molecule has 0 atom stereocenters. The quantitative estimate of drug-likeness (QED) is 0.584. The van der Waals surface area contributed by atoms with Crippen molar-refractivity contribution < 1.29 is 32.1 Å². The number of nitrogens with zero attached hydrogens (tertiary/aromatic N) is 1. The SMILES string of the molecule is O=C(O)CN1C2=C(C(=O)CCC2)C(c2ccc(OS(=O)(=O)c3ccccc3)cc2)C2=C1CCCC2=O. The normalized spacial score (nSPS) is 18.7. The molecule has 0 radical (unpaired) electrons. The highest BCUT2D eigenvalue weighted by atomic mass is 32.2. The molecule has 8 nitrogen and oxygen atoms in total. The largest absolute Gasteiger partial charge is 0.480 e. The molecule has 3 aliphatic rings. The predicted molar refractivity (Wildman–Crippen MR) is 130 cm³/mol. The zero-order valence-corrected chi connectivity index (χ0v) is 20.3. The summed E-state index contributed by atoms with van der Waals surface area (Å²) in [4.78, 5) is 39.7. The van der Waals surface area contributed by atoms with Crippen molar-refractivity contribution in [2.75, 3.05) is 6.54 Å². The van der Waals surface area contributed by atoms with E-state index in [4.69, 9.17) is 4.18 Å². The van der Waals surface area contributed by atoms with E-state index in [9.17, 15) is 27.9 Å². The lowest BCUT2D eigenvalue weighted by Crippen LogP contribution is -2.41. The van der Waals surface area contributed by atoms with Crippen LogP contribution in [0.4, 0.5) is 0 Å². The van der Waals surface area contributed by atoms with Gasteiger partial charge in [0.1, 0.15) is 17.2 Å². The molecule has 2 aromatic rings. The van der Waals surface area contributed by atoms with Gasteiger partial charge in [-0.2, -0.15) is 8.42 Å². The van der Waals surface area contributed by atoms with Crippen LogP contribution in [0, 0.1) is 0 Å². The van der Waals surface area contributed by atoms with Gasteiger partial charge < -0.3 is 14.2 Å². The Morgan fingerprint density at radius 3 is 1.94 bits per heavy atom. The number of allylic oxidation sites excluding steroid dienone is 4. The van der Waals surface area contributed by atoms with Gasteiger partial charge in [0.2, 0.25) is 0 Å². The van der Waals surface area contributed by atoms with Gasteiger partial charge in [0.25, 0.3) is 0 Å². The lowest BCUT2D eigenvalue weighted by atomic mass is 9.71. The molecule has 9 heteroatoms. The van der Waals surface area contributed by atoms with E-state index < -0.39 is 22.0 Å². The van der Waals surface area contributed by atoms with Crippen LogP contribution in [0.15, 0.2) is 82.0 Å². The summed E-state index contributed by atoms with van der Waals surface area (Å²) < 4.78 is 30.5. The van der Waals surface area contributed by atoms with Crippen LogP contribution < -0.4 is 4.18 Å². The first kappa shape index (κ1) is 24.0. The summed E-state index contributed by atoms with van der Waals surface area (Å²) in [6.07, 6.45) is 3.05. The highest BCUT2D eigenvalue weighted by molar-refractivity contribution is 7.87. The number of carbonyl (C=O) groups excluding carboxylic acids is 2. The third-order valence-electron chi connectivity index (χ3n) is 6.83. The molecule has 36 heavy (non-hydrogen) atoms. The van der Waals surface area contributed by atoms with Gasteiger partial charge in [-0.3, -0.25) is 14.4 Å². The van der Waals surface area contributed by atoms with Crippen molar-refractivity contribution >= 4 is 27.7 Å². The van der Waals surface area contributed by atoms with Crippen molar-refractivity contribution in [2.45, 2.75) is 49.3 Å². The van der Waals surface area contributed by atoms with Crippen molar-refractivity contribution in [1.82, 2.24) is 4.90 Å². The Balaban J connectivity index is 1.55. The number of Topliss-reactive ketones (excluding diaryl/α,β-unsaturated/α-hetero) is 2. The third kappa shape index (κ3) is 4.35. The summed E-state index contributed by atoms with van der Waals surface area (Å²) in [5.74, 6) is -1.70. The highest BCUT2D eigenvalue weighted by Crippen LogP contribution is 2.49. The number of hydrogen-bond donors (Lipinski definition) is 1. The van der Waals surface area contributed by atoms with Crippen LogP contribution in [0.1, 0.15) is 50.0 Å². The van der Waals surface area contributed by atoms with Gasteiger partial charge in [-0.15, -0.1) is 0 Å². The summed E-state index contributed by atoms with van der Waals surface area (Å²) in [5.41, 5.74) is 2.97. The van der Waals surface area contributed by atoms with Crippen LogP contribution in [0.2, 0.25) is 0 Å². The Morgan fingerprint density at radius 1 is 0.861 bits per heavy atom. The number of carboxylic acids is 1. The monoisotopic (exact) mass is 507 g/mol. The fourth-order valence-corrected chi connectivity index (χ4v) is 6.30. The van der Waals surface area contributed by atoms with E-state index in [0.29, 0.717) is 66.6 Å². The molecule has 186 valence electrons. The number of benzene rings is 2. The predicted octanol–water partition coefficient (Wildman–Crippen LogP) is 3.95. The van der Waals surface area contributed by atoms with Gasteiger partial charge >= 0.3 is 16.1 Å². The molecule has 5 rings (SSSR count). The Morgan fingerprint density at radius 2 is 1.42 bits per heavy atom. The van der Waals surface area contributed by atoms with E-state index >= 15 is 0 Å². The van der Waals surface area contributed by atoms with Crippen molar-refractivity contribution in [1.29, 1.82) is 0 Å². The van der Waals surface area contributed by atoms with Crippen LogP contribution >= 0.6 is 0 Å². The van der Waals surface area contributed by atoms with Gasteiger partial charge in [-0.1, -0.05) is 30.3 Å². The van der Waals surface area contributed by atoms with Gasteiger partial charge in [-0.05, 0) is 55.5 Å². The summed E-state index contributed by atoms with van der Waals surface area (Å²) in [6.45, 7) is -0.297. The Kier molecular flexibility index (Phi) is 6.26. The molecule has 2 aromatic carbocycles. The zero-order valence-electron chi connectivity index (χ0n) is 19.5. The van der Waals surface area contributed by atoms with Crippen LogP contribution in [0.25, 0.3) is 0 Å². The van der Waals surface area contributed by atoms with Crippen molar-refractivity contribution in [2.24, 2.45) is 0 Å². The maximum Gasteiger partial charge on any atom is 0.339 e. The molecule has 0 amide bonds. The molecule has 0 unspecified atom stereocenters. The second-order valence-electron chi connectivity index (χ2n) is 9.11. The van der Waals surface area contributed by atoms with Crippen molar-refractivity contribution in [3.8, 4) is 5.75 Å². The summed E-state index contributed by atoms with van der Waals surface area (Å²) in [7, 11) is -4.01. The number of carbonyl (C=O) groups is 3. The molecule has 1 heterocycles. The second-order valence-corrected chi connectivity index (χ2v) is 10.7. The van der Waals surface area contributed by atoms with Gasteiger partial charge in [0.15, 0.2) is 11.6 Å². The van der Waals surface area contributed by atoms with Gasteiger partial charge in [0.05, 0.1) is 0 Å². The van der Waals surface area contributed by atoms with E-state index in [-0.39, 0.29) is 28.8 Å². The Hall–Kier alpha value is -3.72. The van der Waals surface area contributed by atoms with E-state index in [1.165, 1.54) is 24.3 Å². The number of ketones is 2. The van der Waals surface area contributed by atoms with E-state index in [1.54, 1.807) is 35.2 Å². The maximum absolute atomic E-state index is 13.2. The number of hydrogen-bond acceptors (Lipinski definition) is 7. The van der Waals surface area contributed by atoms with E-state index in [2.05, 4.69) is 0 Å². The molecule has 0 spiro atoms. The molecule has 1 N–H and O–H groups in total. The Bertz CT molecular complexity index is 1360. The van der Waals surface area contributed by atoms with E-state index in [1.807, 2.05) is 0 Å². The second kappa shape index (κ2) is 9.39. The summed E-state index contributed by atoms with van der Waals surface area (Å²) in [6, 6.07) is 14.2. The molecular formula is C27H25NO7S. The molecular weight excluding hydrogens is 482 g/mol. The first-order valence-corrected chi connectivity index (χ1v) is 13.3. The average molecular weight is 508 g/mol. The fraction of sp³-hybridized carbons (Fsp3) is 0.296. The molecule has 1 aliphatic heterocycles. The smallest absolute Gasteiger partial charge is 0.339 e. The molecule has 0 fully saturated rings. The first-order valence-electron chi connectivity index (χ1n) is 11.9. The minimum atomic E-state index is -4.01. The minimum Gasteiger partial charge on any atom is -0.480 e. The standard InChI is InChI=1S/C27H25NO7S/c29-22-10-4-8-20-26(22)25(27-21(9-5-11-23(27)30)28(20)16-24(31)32)17-12-14-18(15-13-17)35-36(33,34)19-6-2-1-3-7-19/h1-3,6-7,12-15,25H,4-5,8-11,16H2,(H,31,32). The summed E-state index contributed by atoms with van der Waals surface area (Å²) in [5, 5.41) is 9.55. The Labute approximate surface area is 209 Å². The number of aliphatic carboxylic acids is 1. The third-order valence-corrected chi connectivity index (χ3v) is 8.09. The van der Waals surface area contributed by atoms with Crippen LogP contribution in [-0.4, -0.2) is 42.5 Å². The maximum atomic E-state index is 13.2. The van der Waals surface area contributed by atoms with Crippen molar-refractivity contribution in [3.63, 3.8) is 0 Å². The lowest BCUT2D eigenvalue weighted by Gasteiger charge is -2.43. The molecule has 0 aromatic heterocycles. The first-order chi connectivity index (χ1) is 17.3. The summed E-state index contributed by atoms with van der Waals surface area (Å²) >= 11 is 0. The van der Waals surface area contributed by atoms with Crippen LogP contribution in [-0.2, 0) is 24.5 Å². The van der Waals surface area contributed by atoms with Crippen LogP contribution in [0.3, 0.4) is 0 Å². The topological polar surface area (TPSA) is 118 Å². The van der Waals surface area contributed by atoms with Gasteiger partial charge in [0, 0.05) is 41.3 Å². The highest BCUT2D eigenvalue weighted by Gasteiger charge is 2.43. The molecule has 0 saturated carbocycles. The molecule has 0 saturated heterocycles. The van der Waals surface area contributed by atoms with Crippen molar-refractivity contribution in [3.05, 3.63) is 82.7 Å². The van der Waals surface area contributed by atoms with Crippen LogP contribution in [0.5, 0.6) is 5.75 Å². The van der Waals surface area contributed by atoms with E-state index in [0.717, 1.165) is 0 Å².